The first-order valence-corrected chi connectivity index (χ1v) is 9.32. The molecule has 0 radical (unpaired) electrons. The fourth-order valence-corrected chi connectivity index (χ4v) is 3.90. The molecule has 2 aliphatic rings. The third kappa shape index (κ3) is 4.33. The Morgan fingerprint density at radius 2 is 2.16 bits per heavy atom. The van der Waals surface area contributed by atoms with Crippen LogP contribution in [-0.4, -0.2) is 36.5 Å². The van der Waals surface area contributed by atoms with Crippen molar-refractivity contribution in [2.45, 2.75) is 57.5 Å². The number of hydrogen-bond acceptors (Lipinski definition) is 4. The molecule has 3 rings (SSSR count). The van der Waals surface area contributed by atoms with Gasteiger partial charge in [0.15, 0.2) is 0 Å². The molecule has 2 N–H and O–H groups in total. The van der Waals surface area contributed by atoms with Gasteiger partial charge >= 0.3 is 6.09 Å². The van der Waals surface area contributed by atoms with E-state index in [1.165, 1.54) is 6.07 Å². The van der Waals surface area contributed by atoms with Crippen molar-refractivity contribution < 1.29 is 18.7 Å². The van der Waals surface area contributed by atoms with Crippen molar-refractivity contribution >= 4 is 22.0 Å². The number of nitrogens with one attached hydrogen (secondary N) is 2. The first-order chi connectivity index (χ1) is 11.7. The summed E-state index contributed by atoms with van der Waals surface area (Å²) in [6, 6.07) is 4.93. The molecular weight excluding hydrogens is 391 g/mol. The van der Waals surface area contributed by atoms with Gasteiger partial charge in [-0.3, -0.25) is 0 Å². The molecule has 1 saturated carbocycles. The zero-order chi connectivity index (χ0) is 18.2. The molecule has 1 amide bonds. The van der Waals surface area contributed by atoms with Crippen LogP contribution in [0.1, 0.15) is 32.8 Å². The van der Waals surface area contributed by atoms with Crippen molar-refractivity contribution in [3.05, 3.63) is 34.1 Å². The van der Waals surface area contributed by atoms with E-state index in [2.05, 4.69) is 26.6 Å². The fraction of sp³-hybridized carbons (Fsp3) is 0.611. The van der Waals surface area contributed by atoms with E-state index in [0.717, 1.165) is 12.0 Å². The average Bonchev–Trinajstić information content (AvgIpc) is 2.91. The molecule has 0 bridgehead atoms. The minimum atomic E-state index is -0.525. The smallest absolute Gasteiger partial charge is 0.407 e. The number of alkyl carbamates (subject to hydrolysis) is 1. The summed E-state index contributed by atoms with van der Waals surface area (Å²) in [4.78, 5) is 12.1. The van der Waals surface area contributed by atoms with Crippen LogP contribution in [0, 0.1) is 11.7 Å². The third-order valence-electron chi connectivity index (χ3n) is 4.59. The number of carbonyl (C=O) groups is 1. The van der Waals surface area contributed by atoms with E-state index in [-0.39, 0.29) is 24.0 Å². The van der Waals surface area contributed by atoms with E-state index in [9.17, 15) is 9.18 Å². The molecule has 4 unspecified atom stereocenters. The van der Waals surface area contributed by atoms with Crippen LogP contribution < -0.4 is 10.6 Å². The second-order valence-electron chi connectivity index (χ2n) is 7.62. The molecule has 1 heterocycles. The van der Waals surface area contributed by atoms with Crippen LogP contribution in [0.15, 0.2) is 22.7 Å². The molecule has 1 saturated heterocycles. The molecule has 0 spiro atoms. The van der Waals surface area contributed by atoms with Gasteiger partial charge in [0.25, 0.3) is 0 Å². The molecule has 1 aliphatic heterocycles. The Bertz CT molecular complexity index is 650. The highest BCUT2D eigenvalue weighted by atomic mass is 79.9. The predicted octanol–water partition coefficient (Wildman–Crippen LogP) is 3.36. The Morgan fingerprint density at radius 3 is 2.84 bits per heavy atom. The number of fused-ring (bicyclic) bond motifs is 1. The van der Waals surface area contributed by atoms with Crippen molar-refractivity contribution in [1.82, 2.24) is 10.6 Å². The summed E-state index contributed by atoms with van der Waals surface area (Å²) in [7, 11) is 0. The maximum Gasteiger partial charge on any atom is 0.407 e. The topological polar surface area (TPSA) is 59.6 Å². The second-order valence-corrected chi connectivity index (χ2v) is 8.47. The Hall–Kier alpha value is -1.18. The van der Waals surface area contributed by atoms with Crippen molar-refractivity contribution in [3.63, 3.8) is 0 Å². The van der Waals surface area contributed by atoms with Gasteiger partial charge in [-0.1, -0.05) is 6.07 Å². The number of ether oxygens (including phenoxy) is 2. The van der Waals surface area contributed by atoms with Gasteiger partial charge < -0.3 is 20.1 Å². The summed E-state index contributed by atoms with van der Waals surface area (Å²) in [5.74, 6) is 0.0287. The molecular formula is C18H24BrFN2O3. The van der Waals surface area contributed by atoms with Gasteiger partial charge in [-0.15, -0.1) is 0 Å². The fourth-order valence-electron chi connectivity index (χ4n) is 3.48. The molecule has 1 aromatic carbocycles. The second kappa shape index (κ2) is 7.21. The van der Waals surface area contributed by atoms with Crippen LogP contribution in [0.2, 0.25) is 0 Å². The van der Waals surface area contributed by atoms with E-state index >= 15 is 0 Å². The molecule has 25 heavy (non-hydrogen) atoms. The Balaban J connectivity index is 1.60. The van der Waals surface area contributed by atoms with Gasteiger partial charge in [0.1, 0.15) is 11.4 Å². The molecule has 1 aromatic rings. The van der Waals surface area contributed by atoms with Crippen LogP contribution in [0.3, 0.4) is 0 Å². The van der Waals surface area contributed by atoms with E-state index in [0.29, 0.717) is 23.5 Å². The largest absolute Gasteiger partial charge is 0.444 e. The highest BCUT2D eigenvalue weighted by molar-refractivity contribution is 9.10. The summed E-state index contributed by atoms with van der Waals surface area (Å²) in [6.45, 7) is 6.82. The zero-order valence-electron chi connectivity index (χ0n) is 14.6. The van der Waals surface area contributed by atoms with Gasteiger partial charge in [0.2, 0.25) is 0 Å². The van der Waals surface area contributed by atoms with Gasteiger partial charge in [-0.2, -0.15) is 0 Å². The first kappa shape index (κ1) is 18.6. The quantitative estimate of drug-likeness (QED) is 0.792. The van der Waals surface area contributed by atoms with E-state index in [4.69, 9.17) is 9.47 Å². The molecule has 0 aromatic heterocycles. The Labute approximate surface area is 155 Å². The molecule has 5 nitrogen and oxygen atoms in total. The normalized spacial score (nSPS) is 28.2. The lowest BCUT2D eigenvalue weighted by molar-refractivity contribution is -0.0344. The van der Waals surface area contributed by atoms with E-state index in [1.807, 2.05) is 20.8 Å². The molecule has 138 valence electrons. The Kier molecular flexibility index (Phi) is 5.37. The van der Waals surface area contributed by atoms with Crippen molar-refractivity contribution in [3.8, 4) is 0 Å². The number of amides is 1. The highest BCUT2D eigenvalue weighted by Gasteiger charge is 2.54. The van der Waals surface area contributed by atoms with Crippen molar-refractivity contribution in [2.24, 2.45) is 5.92 Å². The van der Waals surface area contributed by atoms with E-state index < -0.39 is 11.7 Å². The lowest BCUT2D eigenvalue weighted by atomic mass is 9.71. The summed E-state index contributed by atoms with van der Waals surface area (Å²) < 4.78 is 24.9. The van der Waals surface area contributed by atoms with E-state index in [1.54, 1.807) is 12.1 Å². The number of benzene rings is 1. The van der Waals surface area contributed by atoms with Crippen LogP contribution in [0.4, 0.5) is 9.18 Å². The summed E-state index contributed by atoms with van der Waals surface area (Å²) in [5.41, 5.74) is 0.439. The molecule has 4 atom stereocenters. The van der Waals surface area contributed by atoms with Gasteiger partial charge in [0.05, 0.1) is 22.7 Å². The van der Waals surface area contributed by atoms with Gasteiger partial charge in [-0.05, 0) is 60.8 Å². The Morgan fingerprint density at radius 1 is 1.40 bits per heavy atom. The monoisotopic (exact) mass is 414 g/mol. The third-order valence-corrected chi connectivity index (χ3v) is 5.20. The SMILES string of the molecule is CC(C)(C)OC(=O)NC1C2CCOC2C1NCc1ccc(F)c(Br)c1. The van der Waals surface area contributed by atoms with Gasteiger partial charge in [0, 0.05) is 19.1 Å². The summed E-state index contributed by atoms with van der Waals surface area (Å²) >= 11 is 3.20. The first-order valence-electron chi connectivity index (χ1n) is 8.53. The maximum atomic E-state index is 13.3. The lowest BCUT2D eigenvalue weighted by Crippen LogP contribution is -2.70. The van der Waals surface area contributed by atoms with Crippen LogP contribution in [-0.2, 0) is 16.0 Å². The molecule has 7 heteroatoms. The molecule has 1 aliphatic carbocycles. The van der Waals surface area contributed by atoms with Gasteiger partial charge in [-0.25, -0.2) is 9.18 Å². The van der Waals surface area contributed by atoms with Crippen molar-refractivity contribution in [1.29, 1.82) is 0 Å². The van der Waals surface area contributed by atoms with Crippen LogP contribution in [0.5, 0.6) is 0 Å². The van der Waals surface area contributed by atoms with Crippen molar-refractivity contribution in [2.75, 3.05) is 6.61 Å². The zero-order valence-corrected chi connectivity index (χ0v) is 16.2. The predicted molar refractivity (Wildman–Crippen MR) is 95.7 cm³/mol. The number of halogens is 2. The van der Waals surface area contributed by atoms with Crippen LogP contribution >= 0.6 is 15.9 Å². The average molecular weight is 415 g/mol. The lowest BCUT2D eigenvalue weighted by Gasteiger charge is -2.48. The maximum absolute atomic E-state index is 13.3. The van der Waals surface area contributed by atoms with Crippen LogP contribution in [0.25, 0.3) is 0 Å². The summed E-state index contributed by atoms with van der Waals surface area (Å²) in [6.07, 6.45) is 0.633. The minimum absolute atomic E-state index is 0.0175. The molecule has 2 fully saturated rings. The number of carbonyl (C=O) groups excluding carboxylic acids is 1. The highest BCUT2D eigenvalue weighted by Crippen LogP contribution is 2.39. The summed E-state index contributed by atoms with van der Waals surface area (Å²) in [5, 5.41) is 6.41. The number of hydrogen-bond donors (Lipinski definition) is 2. The number of rotatable bonds is 4. The standard InChI is InChI=1S/C18H24BrFN2O3/c1-18(2,3)25-17(23)22-14-11-6-7-24-16(11)15(14)21-9-10-4-5-13(20)12(19)8-10/h4-5,8,11,14-16,21H,6-7,9H2,1-3H3,(H,22,23). The minimum Gasteiger partial charge on any atom is -0.444 e.